The SMILES string of the molecule is CC(=O)NCC(=O)N1C[C@@H]2CCN[C@@H]2C1. The Bertz CT molecular complexity index is 268. The number of likely N-dealkylation sites (tertiary alicyclic amines) is 1. The van der Waals surface area contributed by atoms with Gasteiger partial charge in [0.05, 0.1) is 6.54 Å². The lowest BCUT2D eigenvalue weighted by atomic mass is 10.1. The number of nitrogens with one attached hydrogen (secondary N) is 2. The zero-order valence-corrected chi connectivity index (χ0v) is 8.95. The van der Waals surface area contributed by atoms with Crippen molar-refractivity contribution in [1.29, 1.82) is 0 Å². The quantitative estimate of drug-likeness (QED) is 0.612. The van der Waals surface area contributed by atoms with Crippen LogP contribution < -0.4 is 10.6 Å². The Kier molecular flexibility index (Phi) is 2.90. The zero-order valence-electron chi connectivity index (χ0n) is 8.95. The summed E-state index contributed by atoms with van der Waals surface area (Å²) >= 11 is 0. The summed E-state index contributed by atoms with van der Waals surface area (Å²) in [6.45, 7) is 4.27. The summed E-state index contributed by atoms with van der Waals surface area (Å²) in [5.41, 5.74) is 0. The first-order chi connectivity index (χ1) is 7.16. The maximum Gasteiger partial charge on any atom is 0.242 e. The molecule has 2 atom stereocenters. The van der Waals surface area contributed by atoms with Crippen LogP contribution in [0, 0.1) is 5.92 Å². The molecule has 2 amide bonds. The van der Waals surface area contributed by atoms with Crippen molar-refractivity contribution in [3.05, 3.63) is 0 Å². The minimum Gasteiger partial charge on any atom is -0.347 e. The molecule has 84 valence electrons. The summed E-state index contributed by atoms with van der Waals surface area (Å²) < 4.78 is 0. The van der Waals surface area contributed by atoms with Crippen LogP contribution in [0.1, 0.15) is 13.3 Å². The van der Waals surface area contributed by atoms with E-state index in [0.29, 0.717) is 12.0 Å². The number of carbonyl (C=O) groups excluding carboxylic acids is 2. The topological polar surface area (TPSA) is 61.4 Å². The third-order valence-electron chi connectivity index (χ3n) is 3.20. The Morgan fingerprint density at radius 2 is 2.27 bits per heavy atom. The highest BCUT2D eigenvalue weighted by atomic mass is 16.2. The number of hydrogen-bond acceptors (Lipinski definition) is 3. The van der Waals surface area contributed by atoms with Crippen molar-refractivity contribution in [3.63, 3.8) is 0 Å². The Labute approximate surface area is 89.2 Å². The smallest absolute Gasteiger partial charge is 0.242 e. The fourth-order valence-electron chi connectivity index (χ4n) is 2.36. The Morgan fingerprint density at radius 1 is 1.47 bits per heavy atom. The fraction of sp³-hybridized carbons (Fsp3) is 0.800. The molecule has 0 aromatic heterocycles. The fourth-order valence-corrected chi connectivity index (χ4v) is 2.36. The molecule has 0 aromatic rings. The number of amides is 2. The summed E-state index contributed by atoms with van der Waals surface area (Å²) in [5, 5.41) is 5.92. The van der Waals surface area contributed by atoms with Gasteiger partial charge < -0.3 is 15.5 Å². The molecule has 15 heavy (non-hydrogen) atoms. The molecule has 0 saturated carbocycles. The van der Waals surface area contributed by atoms with Crippen molar-refractivity contribution in [2.75, 3.05) is 26.2 Å². The van der Waals surface area contributed by atoms with E-state index in [-0.39, 0.29) is 18.4 Å². The molecular weight excluding hydrogens is 194 g/mol. The van der Waals surface area contributed by atoms with Crippen LogP contribution in [-0.4, -0.2) is 48.9 Å². The molecule has 2 aliphatic rings. The van der Waals surface area contributed by atoms with Gasteiger partial charge in [0.15, 0.2) is 0 Å². The summed E-state index contributed by atoms with van der Waals surface area (Å²) in [4.78, 5) is 24.2. The summed E-state index contributed by atoms with van der Waals surface area (Å²) in [6.07, 6.45) is 1.16. The molecule has 5 nitrogen and oxygen atoms in total. The Hall–Kier alpha value is -1.10. The van der Waals surface area contributed by atoms with Crippen molar-refractivity contribution >= 4 is 11.8 Å². The van der Waals surface area contributed by atoms with Crippen molar-refractivity contribution in [1.82, 2.24) is 15.5 Å². The minimum absolute atomic E-state index is 0.0291. The summed E-state index contributed by atoms with van der Waals surface area (Å²) in [5.74, 6) is 0.494. The van der Waals surface area contributed by atoms with Gasteiger partial charge in [-0.1, -0.05) is 0 Å². The predicted octanol–water partition coefficient (Wildman–Crippen LogP) is -1.06. The molecule has 2 rings (SSSR count). The van der Waals surface area contributed by atoms with E-state index in [4.69, 9.17) is 0 Å². The molecule has 0 radical (unpaired) electrons. The molecule has 0 unspecified atom stereocenters. The second kappa shape index (κ2) is 4.18. The normalized spacial score (nSPS) is 29.0. The van der Waals surface area contributed by atoms with Gasteiger partial charge in [-0.05, 0) is 18.9 Å². The number of nitrogens with zero attached hydrogens (tertiary/aromatic N) is 1. The van der Waals surface area contributed by atoms with Crippen LogP contribution in [0.4, 0.5) is 0 Å². The first-order valence-corrected chi connectivity index (χ1v) is 5.42. The number of rotatable bonds is 2. The van der Waals surface area contributed by atoms with Gasteiger partial charge in [-0.3, -0.25) is 9.59 Å². The van der Waals surface area contributed by atoms with Crippen LogP contribution in [0.25, 0.3) is 0 Å². The van der Waals surface area contributed by atoms with Crippen molar-refractivity contribution in [3.8, 4) is 0 Å². The standard InChI is InChI=1S/C10H17N3O2/c1-7(14)12-4-10(15)13-5-8-2-3-11-9(8)6-13/h8-9,11H,2-6H2,1H3,(H,12,14)/t8-,9+/m0/s1. The van der Waals surface area contributed by atoms with Gasteiger partial charge in [0, 0.05) is 26.1 Å². The lowest BCUT2D eigenvalue weighted by molar-refractivity contribution is -0.131. The van der Waals surface area contributed by atoms with Crippen molar-refractivity contribution < 1.29 is 9.59 Å². The largest absolute Gasteiger partial charge is 0.347 e. The van der Waals surface area contributed by atoms with Crippen LogP contribution in [0.3, 0.4) is 0 Å². The van der Waals surface area contributed by atoms with E-state index in [1.165, 1.54) is 6.92 Å². The van der Waals surface area contributed by atoms with Gasteiger partial charge in [-0.15, -0.1) is 0 Å². The second-order valence-corrected chi connectivity index (χ2v) is 4.32. The van der Waals surface area contributed by atoms with Crippen LogP contribution >= 0.6 is 0 Å². The van der Waals surface area contributed by atoms with E-state index in [1.54, 1.807) is 0 Å². The number of hydrogen-bond donors (Lipinski definition) is 2. The number of fused-ring (bicyclic) bond motifs is 1. The van der Waals surface area contributed by atoms with Crippen LogP contribution in [0.15, 0.2) is 0 Å². The minimum atomic E-state index is -0.152. The van der Waals surface area contributed by atoms with Gasteiger partial charge in [0.1, 0.15) is 0 Å². The second-order valence-electron chi connectivity index (χ2n) is 4.32. The average molecular weight is 211 g/mol. The third kappa shape index (κ3) is 2.28. The van der Waals surface area contributed by atoms with Gasteiger partial charge in [0.25, 0.3) is 0 Å². The molecule has 2 N–H and O–H groups in total. The van der Waals surface area contributed by atoms with Crippen molar-refractivity contribution in [2.24, 2.45) is 5.92 Å². The molecule has 0 aliphatic carbocycles. The van der Waals surface area contributed by atoms with Gasteiger partial charge in [-0.25, -0.2) is 0 Å². The highest BCUT2D eigenvalue weighted by Crippen LogP contribution is 2.24. The van der Waals surface area contributed by atoms with Gasteiger partial charge in [0.2, 0.25) is 11.8 Å². The van der Waals surface area contributed by atoms with Crippen molar-refractivity contribution in [2.45, 2.75) is 19.4 Å². The molecule has 0 bridgehead atoms. The molecule has 0 aromatic carbocycles. The molecule has 2 aliphatic heterocycles. The van der Waals surface area contributed by atoms with Gasteiger partial charge >= 0.3 is 0 Å². The first kappa shape index (κ1) is 10.4. The maximum absolute atomic E-state index is 11.7. The van der Waals surface area contributed by atoms with Crippen LogP contribution in [-0.2, 0) is 9.59 Å². The average Bonchev–Trinajstić information content (AvgIpc) is 2.72. The van der Waals surface area contributed by atoms with Crippen LogP contribution in [0.2, 0.25) is 0 Å². The van der Waals surface area contributed by atoms with Crippen LogP contribution in [0.5, 0.6) is 0 Å². The first-order valence-electron chi connectivity index (χ1n) is 5.42. The molecular formula is C10H17N3O2. The van der Waals surface area contributed by atoms with E-state index in [0.717, 1.165) is 26.1 Å². The van der Waals surface area contributed by atoms with Gasteiger partial charge in [-0.2, -0.15) is 0 Å². The molecule has 0 spiro atoms. The van der Waals surface area contributed by atoms with E-state index in [2.05, 4.69) is 10.6 Å². The summed E-state index contributed by atoms with van der Waals surface area (Å²) in [6, 6.07) is 0.478. The highest BCUT2D eigenvalue weighted by molar-refractivity contribution is 5.83. The lowest BCUT2D eigenvalue weighted by Gasteiger charge is -2.17. The molecule has 2 fully saturated rings. The van der Waals surface area contributed by atoms with E-state index in [1.807, 2.05) is 4.90 Å². The summed E-state index contributed by atoms with van der Waals surface area (Å²) in [7, 11) is 0. The van der Waals surface area contributed by atoms with E-state index >= 15 is 0 Å². The van der Waals surface area contributed by atoms with E-state index in [9.17, 15) is 9.59 Å². The predicted molar refractivity (Wildman–Crippen MR) is 55.2 cm³/mol. The Morgan fingerprint density at radius 3 is 2.93 bits per heavy atom. The third-order valence-corrected chi connectivity index (χ3v) is 3.20. The molecule has 5 heteroatoms. The monoisotopic (exact) mass is 211 g/mol. The number of carbonyl (C=O) groups is 2. The molecule has 2 saturated heterocycles. The lowest BCUT2D eigenvalue weighted by Crippen LogP contribution is -2.40. The Balaban J connectivity index is 1.80. The zero-order chi connectivity index (χ0) is 10.8. The van der Waals surface area contributed by atoms with E-state index < -0.39 is 0 Å². The maximum atomic E-state index is 11.7. The molecule has 2 heterocycles. The highest BCUT2D eigenvalue weighted by Gasteiger charge is 2.37.